The van der Waals surface area contributed by atoms with Crippen molar-refractivity contribution in [3.63, 3.8) is 0 Å². The third-order valence-corrected chi connectivity index (χ3v) is 5.23. The molecule has 2 aromatic heterocycles. The van der Waals surface area contributed by atoms with E-state index >= 15 is 0 Å². The Kier molecular flexibility index (Phi) is 5.88. The molecule has 1 N–H and O–H groups in total. The zero-order valence-corrected chi connectivity index (χ0v) is 17.6. The highest BCUT2D eigenvalue weighted by molar-refractivity contribution is 5.92. The molecule has 1 fully saturated rings. The average Bonchev–Trinajstić information content (AvgIpc) is 3.27. The summed E-state index contributed by atoms with van der Waals surface area (Å²) in [7, 11) is 0. The average molecular weight is 389 g/mol. The quantitative estimate of drug-likeness (QED) is 0.821. The van der Waals surface area contributed by atoms with E-state index in [1.807, 2.05) is 33.5 Å². The Morgan fingerprint density at radius 3 is 2.54 bits per heavy atom. The standard InChI is InChI=1S/C20H32N6O2/c1-6-25-17(12-15(22-25)11-14(2)3)19(27)24-9-7-16(8-10-24)26-13-18(21-23-26)20(4,5)28/h12-14,16,28H,6-11H2,1-5H3. The highest BCUT2D eigenvalue weighted by Gasteiger charge is 2.29. The van der Waals surface area contributed by atoms with Gasteiger partial charge in [-0.2, -0.15) is 5.10 Å². The van der Waals surface area contributed by atoms with Crippen LogP contribution in [0.4, 0.5) is 0 Å². The third kappa shape index (κ3) is 4.43. The lowest BCUT2D eigenvalue weighted by atomic mass is 10.0. The van der Waals surface area contributed by atoms with Crippen LogP contribution in [0.15, 0.2) is 12.3 Å². The lowest BCUT2D eigenvalue weighted by Crippen LogP contribution is -2.40. The van der Waals surface area contributed by atoms with Crippen molar-refractivity contribution in [1.29, 1.82) is 0 Å². The molecular formula is C20H32N6O2. The number of hydrogen-bond acceptors (Lipinski definition) is 5. The Hall–Kier alpha value is -2.22. The van der Waals surface area contributed by atoms with Crippen LogP contribution in [0, 0.1) is 5.92 Å². The van der Waals surface area contributed by atoms with Crippen LogP contribution in [0.2, 0.25) is 0 Å². The van der Waals surface area contributed by atoms with E-state index < -0.39 is 5.60 Å². The van der Waals surface area contributed by atoms with Crippen molar-refractivity contribution in [2.75, 3.05) is 13.1 Å². The van der Waals surface area contributed by atoms with E-state index in [1.54, 1.807) is 13.8 Å². The van der Waals surface area contributed by atoms with Gasteiger partial charge in [0.1, 0.15) is 17.0 Å². The van der Waals surface area contributed by atoms with E-state index in [-0.39, 0.29) is 11.9 Å². The second kappa shape index (κ2) is 8.03. The van der Waals surface area contributed by atoms with Gasteiger partial charge in [-0.05, 0) is 52.0 Å². The summed E-state index contributed by atoms with van der Waals surface area (Å²) in [5.41, 5.74) is 1.23. The van der Waals surface area contributed by atoms with Gasteiger partial charge in [0, 0.05) is 19.6 Å². The SMILES string of the molecule is CCn1nc(CC(C)C)cc1C(=O)N1CCC(n2cc(C(C)(C)O)nn2)CC1. The van der Waals surface area contributed by atoms with Gasteiger partial charge < -0.3 is 10.0 Å². The van der Waals surface area contributed by atoms with Crippen molar-refractivity contribution in [3.8, 4) is 0 Å². The van der Waals surface area contributed by atoms with Gasteiger partial charge in [-0.3, -0.25) is 9.48 Å². The van der Waals surface area contributed by atoms with Crippen LogP contribution in [-0.4, -0.2) is 53.8 Å². The van der Waals surface area contributed by atoms with Crippen LogP contribution >= 0.6 is 0 Å². The van der Waals surface area contributed by atoms with Crippen molar-refractivity contribution < 1.29 is 9.90 Å². The van der Waals surface area contributed by atoms with E-state index in [2.05, 4.69) is 29.3 Å². The molecule has 0 atom stereocenters. The largest absolute Gasteiger partial charge is 0.384 e. The lowest BCUT2D eigenvalue weighted by Gasteiger charge is -2.31. The molecular weight excluding hydrogens is 356 g/mol. The van der Waals surface area contributed by atoms with Crippen molar-refractivity contribution in [1.82, 2.24) is 29.7 Å². The highest BCUT2D eigenvalue weighted by Crippen LogP contribution is 2.25. The Morgan fingerprint density at radius 2 is 2.00 bits per heavy atom. The molecule has 0 spiro atoms. The summed E-state index contributed by atoms with van der Waals surface area (Å²) in [6.07, 6.45) is 4.33. The molecule has 8 nitrogen and oxygen atoms in total. The second-order valence-corrected chi connectivity index (χ2v) is 8.60. The summed E-state index contributed by atoms with van der Waals surface area (Å²) in [5, 5.41) is 22.9. The molecule has 154 valence electrons. The number of hydrogen-bond donors (Lipinski definition) is 1. The molecule has 2 aromatic rings. The number of aliphatic hydroxyl groups is 1. The van der Waals surface area contributed by atoms with E-state index in [4.69, 9.17) is 0 Å². The summed E-state index contributed by atoms with van der Waals surface area (Å²) in [6.45, 7) is 11.8. The molecule has 1 amide bonds. The number of rotatable bonds is 6. The number of aryl methyl sites for hydroxylation is 1. The Bertz CT molecular complexity index is 809. The van der Waals surface area contributed by atoms with Crippen molar-refractivity contribution in [2.24, 2.45) is 5.92 Å². The number of carbonyl (C=O) groups is 1. The van der Waals surface area contributed by atoms with Gasteiger partial charge in [0.15, 0.2) is 0 Å². The zero-order chi connectivity index (χ0) is 20.5. The number of carbonyl (C=O) groups excluding carboxylic acids is 1. The topological polar surface area (TPSA) is 89.1 Å². The van der Waals surface area contributed by atoms with Crippen LogP contribution in [0.5, 0.6) is 0 Å². The van der Waals surface area contributed by atoms with Gasteiger partial charge in [0.05, 0.1) is 17.9 Å². The number of nitrogens with zero attached hydrogens (tertiary/aromatic N) is 6. The van der Waals surface area contributed by atoms with E-state index in [9.17, 15) is 9.90 Å². The third-order valence-electron chi connectivity index (χ3n) is 5.23. The maximum Gasteiger partial charge on any atom is 0.272 e. The normalized spacial score (nSPS) is 16.2. The lowest BCUT2D eigenvalue weighted by molar-refractivity contribution is 0.0676. The predicted octanol–water partition coefficient (Wildman–Crippen LogP) is 2.40. The van der Waals surface area contributed by atoms with Gasteiger partial charge in [0.2, 0.25) is 0 Å². The molecule has 0 radical (unpaired) electrons. The first-order chi connectivity index (χ1) is 13.2. The monoisotopic (exact) mass is 388 g/mol. The first-order valence-corrected chi connectivity index (χ1v) is 10.2. The molecule has 0 aromatic carbocycles. The van der Waals surface area contributed by atoms with Gasteiger partial charge in [-0.1, -0.05) is 19.1 Å². The Morgan fingerprint density at radius 1 is 1.32 bits per heavy atom. The van der Waals surface area contributed by atoms with Gasteiger partial charge in [-0.15, -0.1) is 5.10 Å². The summed E-state index contributed by atoms with van der Waals surface area (Å²) in [6, 6.07) is 2.14. The Labute approximate surface area is 166 Å². The fraction of sp³-hybridized carbons (Fsp3) is 0.700. The molecule has 0 unspecified atom stereocenters. The maximum atomic E-state index is 13.1. The summed E-state index contributed by atoms with van der Waals surface area (Å²) in [4.78, 5) is 15.0. The van der Waals surface area contributed by atoms with Crippen LogP contribution < -0.4 is 0 Å². The highest BCUT2D eigenvalue weighted by atomic mass is 16.3. The maximum absolute atomic E-state index is 13.1. The molecule has 8 heteroatoms. The molecule has 3 heterocycles. The van der Waals surface area contributed by atoms with Crippen LogP contribution in [-0.2, 0) is 18.6 Å². The number of amides is 1. The van der Waals surface area contributed by atoms with Gasteiger partial charge >= 0.3 is 0 Å². The summed E-state index contributed by atoms with van der Waals surface area (Å²) >= 11 is 0. The van der Waals surface area contributed by atoms with Crippen molar-refractivity contribution >= 4 is 5.91 Å². The summed E-state index contributed by atoms with van der Waals surface area (Å²) < 4.78 is 3.64. The van der Waals surface area contributed by atoms with Crippen LogP contribution in [0.3, 0.4) is 0 Å². The fourth-order valence-electron chi connectivity index (χ4n) is 3.63. The molecule has 0 aliphatic carbocycles. The molecule has 28 heavy (non-hydrogen) atoms. The van der Waals surface area contributed by atoms with E-state index in [0.29, 0.717) is 36.9 Å². The number of piperidine rings is 1. The predicted molar refractivity (Wildman–Crippen MR) is 106 cm³/mol. The van der Waals surface area contributed by atoms with Crippen molar-refractivity contribution in [3.05, 3.63) is 29.3 Å². The van der Waals surface area contributed by atoms with E-state index in [0.717, 1.165) is 25.0 Å². The fourth-order valence-corrected chi connectivity index (χ4v) is 3.63. The molecule has 1 saturated heterocycles. The van der Waals surface area contributed by atoms with Crippen molar-refractivity contribution in [2.45, 2.75) is 72.1 Å². The minimum absolute atomic E-state index is 0.0542. The molecule has 0 saturated carbocycles. The van der Waals surface area contributed by atoms with E-state index in [1.165, 1.54) is 0 Å². The first-order valence-electron chi connectivity index (χ1n) is 10.2. The first kappa shape index (κ1) is 20.5. The minimum atomic E-state index is -0.999. The summed E-state index contributed by atoms with van der Waals surface area (Å²) in [5.74, 6) is 0.564. The Balaban J connectivity index is 1.65. The molecule has 3 rings (SSSR count). The second-order valence-electron chi connectivity index (χ2n) is 8.60. The van der Waals surface area contributed by atoms with Gasteiger partial charge in [0.25, 0.3) is 5.91 Å². The number of likely N-dealkylation sites (tertiary alicyclic amines) is 1. The zero-order valence-electron chi connectivity index (χ0n) is 17.6. The van der Waals surface area contributed by atoms with Crippen LogP contribution in [0.25, 0.3) is 0 Å². The molecule has 1 aliphatic heterocycles. The van der Waals surface area contributed by atoms with Gasteiger partial charge in [-0.25, -0.2) is 4.68 Å². The minimum Gasteiger partial charge on any atom is -0.384 e. The molecule has 1 aliphatic rings. The molecule has 0 bridgehead atoms. The number of aromatic nitrogens is 5. The van der Waals surface area contributed by atoms with Crippen LogP contribution in [0.1, 0.15) is 75.4 Å². The smallest absolute Gasteiger partial charge is 0.272 e.